The standard InChI is InChI=1S/C15H19Cl2N3/c1-4-20-14(15(17)11(3)19-20)9-18-10(2)12-6-5-7-13(16)8-12/h5-8,10,18H,4,9H2,1-3H3/t10-/m1/s1. The summed E-state index contributed by atoms with van der Waals surface area (Å²) in [7, 11) is 0. The summed E-state index contributed by atoms with van der Waals surface area (Å²) >= 11 is 12.3. The van der Waals surface area contributed by atoms with Crippen LogP contribution in [0.4, 0.5) is 0 Å². The molecule has 0 spiro atoms. The maximum Gasteiger partial charge on any atom is 0.0860 e. The highest BCUT2D eigenvalue weighted by atomic mass is 35.5. The number of halogens is 2. The number of aromatic nitrogens is 2. The van der Waals surface area contributed by atoms with Crippen molar-refractivity contribution in [3.8, 4) is 0 Å². The topological polar surface area (TPSA) is 29.9 Å². The van der Waals surface area contributed by atoms with Gasteiger partial charge in [0.15, 0.2) is 0 Å². The lowest BCUT2D eigenvalue weighted by molar-refractivity contribution is 0.531. The maximum atomic E-state index is 6.30. The molecule has 1 N–H and O–H groups in total. The quantitative estimate of drug-likeness (QED) is 0.888. The fourth-order valence-electron chi connectivity index (χ4n) is 2.18. The van der Waals surface area contributed by atoms with Gasteiger partial charge in [-0.3, -0.25) is 4.68 Å². The third-order valence-electron chi connectivity index (χ3n) is 3.38. The van der Waals surface area contributed by atoms with Crippen LogP contribution >= 0.6 is 23.2 Å². The van der Waals surface area contributed by atoms with Crippen molar-refractivity contribution in [2.45, 2.75) is 39.9 Å². The third-order valence-corrected chi connectivity index (χ3v) is 4.10. The molecule has 2 aromatic rings. The second-order valence-electron chi connectivity index (χ2n) is 4.82. The Morgan fingerprint density at radius 2 is 2.10 bits per heavy atom. The van der Waals surface area contributed by atoms with Crippen LogP contribution in [0, 0.1) is 6.92 Å². The molecule has 0 saturated heterocycles. The lowest BCUT2D eigenvalue weighted by Crippen LogP contribution is -2.20. The van der Waals surface area contributed by atoms with Crippen molar-refractivity contribution >= 4 is 23.2 Å². The zero-order valence-electron chi connectivity index (χ0n) is 12.0. The van der Waals surface area contributed by atoms with Crippen LogP contribution in [-0.4, -0.2) is 9.78 Å². The van der Waals surface area contributed by atoms with Gasteiger partial charge in [0.1, 0.15) is 0 Å². The number of nitrogens with one attached hydrogen (secondary N) is 1. The van der Waals surface area contributed by atoms with E-state index in [0.717, 1.165) is 33.5 Å². The summed E-state index contributed by atoms with van der Waals surface area (Å²) in [6.07, 6.45) is 0. The van der Waals surface area contributed by atoms with Crippen molar-refractivity contribution in [1.82, 2.24) is 15.1 Å². The Labute approximate surface area is 129 Å². The molecule has 108 valence electrons. The van der Waals surface area contributed by atoms with E-state index in [4.69, 9.17) is 23.2 Å². The summed E-state index contributed by atoms with van der Waals surface area (Å²) in [5, 5.41) is 9.39. The first-order chi connectivity index (χ1) is 9.52. The van der Waals surface area contributed by atoms with Crippen LogP contribution in [0.5, 0.6) is 0 Å². The number of benzene rings is 1. The van der Waals surface area contributed by atoms with Crippen LogP contribution in [0.25, 0.3) is 0 Å². The summed E-state index contributed by atoms with van der Waals surface area (Å²) < 4.78 is 1.94. The molecule has 0 unspecified atom stereocenters. The normalized spacial score (nSPS) is 12.7. The number of nitrogens with zero attached hydrogens (tertiary/aromatic N) is 2. The lowest BCUT2D eigenvalue weighted by atomic mass is 10.1. The molecule has 1 atom stereocenters. The van der Waals surface area contributed by atoms with Gasteiger partial charge in [-0.05, 0) is 38.5 Å². The molecule has 1 heterocycles. The molecule has 20 heavy (non-hydrogen) atoms. The van der Waals surface area contributed by atoms with Gasteiger partial charge >= 0.3 is 0 Å². The highest BCUT2D eigenvalue weighted by Gasteiger charge is 2.13. The predicted molar refractivity (Wildman–Crippen MR) is 84.4 cm³/mol. The molecule has 0 aliphatic heterocycles. The largest absolute Gasteiger partial charge is 0.305 e. The summed E-state index contributed by atoms with van der Waals surface area (Å²) in [5.41, 5.74) is 3.06. The minimum atomic E-state index is 0.199. The van der Waals surface area contributed by atoms with E-state index in [1.807, 2.05) is 29.8 Å². The van der Waals surface area contributed by atoms with Crippen molar-refractivity contribution < 1.29 is 0 Å². The average molecular weight is 312 g/mol. The molecule has 0 aliphatic carbocycles. The van der Waals surface area contributed by atoms with Gasteiger partial charge < -0.3 is 5.32 Å². The maximum absolute atomic E-state index is 6.30. The molecule has 2 rings (SSSR count). The SMILES string of the molecule is CCn1nc(C)c(Cl)c1CN[C@H](C)c1cccc(Cl)c1. The van der Waals surface area contributed by atoms with E-state index < -0.39 is 0 Å². The molecule has 1 aromatic heterocycles. The van der Waals surface area contributed by atoms with E-state index in [9.17, 15) is 0 Å². The van der Waals surface area contributed by atoms with Crippen LogP contribution < -0.4 is 5.32 Å². The zero-order chi connectivity index (χ0) is 14.7. The van der Waals surface area contributed by atoms with E-state index in [0.29, 0.717) is 6.54 Å². The Kier molecular flexibility index (Phi) is 5.08. The van der Waals surface area contributed by atoms with Crippen LogP contribution in [0.2, 0.25) is 10.0 Å². The first-order valence-electron chi connectivity index (χ1n) is 6.73. The number of rotatable bonds is 5. The Bertz CT molecular complexity index is 593. The summed E-state index contributed by atoms with van der Waals surface area (Å²) in [4.78, 5) is 0. The molecule has 0 amide bonds. The zero-order valence-corrected chi connectivity index (χ0v) is 13.5. The second kappa shape index (κ2) is 6.61. The van der Waals surface area contributed by atoms with Crippen LogP contribution in [0.15, 0.2) is 24.3 Å². The van der Waals surface area contributed by atoms with Gasteiger partial charge in [0.05, 0.1) is 16.4 Å². The molecule has 0 radical (unpaired) electrons. The van der Waals surface area contributed by atoms with E-state index in [2.05, 4.69) is 30.3 Å². The van der Waals surface area contributed by atoms with Crippen molar-refractivity contribution in [2.75, 3.05) is 0 Å². The minimum absolute atomic E-state index is 0.199. The molecular weight excluding hydrogens is 293 g/mol. The van der Waals surface area contributed by atoms with Gasteiger partial charge in [0.25, 0.3) is 0 Å². The van der Waals surface area contributed by atoms with Crippen molar-refractivity contribution in [3.63, 3.8) is 0 Å². The molecule has 0 saturated carbocycles. The summed E-state index contributed by atoms with van der Waals surface area (Å²) in [5.74, 6) is 0. The number of hydrogen-bond donors (Lipinski definition) is 1. The predicted octanol–water partition coefficient (Wildman–Crippen LogP) is 4.37. The first kappa shape index (κ1) is 15.4. The molecule has 0 bridgehead atoms. The summed E-state index contributed by atoms with van der Waals surface area (Å²) in [6.45, 7) is 7.60. The van der Waals surface area contributed by atoms with Crippen molar-refractivity contribution in [2.24, 2.45) is 0 Å². The van der Waals surface area contributed by atoms with Gasteiger partial charge in [-0.15, -0.1) is 0 Å². The van der Waals surface area contributed by atoms with Gasteiger partial charge in [0.2, 0.25) is 0 Å². The Balaban J connectivity index is 2.09. The fourth-order valence-corrected chi connectivity index (χ4v) is 2.58. The van der Waals surface area contributed by atoms with Crippen molar-refractivity contribution in [3.05, 3.63) is 51.3 Å². The fraction of sp³-hybridized carbons (Fsp3) is 0.400. The van der Waals surface area contributed by atoms with Crippen LogP contribution in [-0.2, 0) is 13.1 Å². The number of aryl methyl sites for hydroxylation is 2. The third kappa shape index (κ3) is 3.35. The molecule has 5 heteroatoms. The number of hydrogen-bond acceptors (Lipinski definition) is 2. The lowest BCUT2D eigenvalue weighted by Gasteiger charge is -2.15. The van der Waals surface area contributed by atoms with Gasteiger partial charge in [-0.1, -0.05) is 35.3 Å². The highest BCUT2D eigenvalue weighted by molar-refractivity contribution is 6.31. The molecule has 0 fully saturated rings. The minimum Gasteiger partial charge on any atom is -0.305 e. The van der Waals surface area contributed by atoms with Gasteiger partial charge in [0, 0.05) is 24.2 Å². The van der Waals surface area contributed by atoms with Crippen LogP contribution in [0.1, 0.15) is 36.8 Å². The molecule has 0 aliphatic rings. The second-order valence-corrected chi connectivity index (χ2v) is 5.63. The van der Waals surface area contributed by atoms with Gasteiger partial charge in [-0.2, -0.15) is 5.10 Å². The van der Waals surface area contributed by atoms with Crippen molar-refractivity contribution in [1.29, 1.82) is 0 Å². The smallest absolute Gasteiger partial charge is 0.0860 e. The first-order valence-corrected chi connectivity index (χ1v) is 7.49. The van der Waals surface area contributed by atoms with Crippen LogP contribution in [0.3, 0.4) is 0 Å². The Hall–Kier alpha value is -1.03. The van der Waals surface area contributed by atoms with Gasteiger partial charge in [-0.25, -0.2) is 0 Å². The van der Waals surface area contributed by atoms with E-state index >= 15 is 0 Å². The molecule has 1 aromatic carbocycles. The Morgan fingerprint density at radius 1 is 1.35 bits per heavy atom. The Morgan fingerprint density at radius 3 is 2.75 bits per heavy atom. The highest BCUT2D eigenvalue weighted by Crippen LogP contribution is 2.22. The average Bonchev–Trinajstić information content (AvgIpc) is 2.71. The molecule has 3 nitrogen and oxygen atoms in total. The summed E-state index contributed by atoms with van der Waals surface area (Å²) in [6, 6.07) is 8.08. The van der Waals surface area contributed by atoms with E-state index in [1.165, 1.54) is 0 Å². The van der Waals surface area contributed by atoms with E-state index in [-0.39, 0.29) is 6.04 Å². The molecular formula is C15H19Cl2N3. The monoisotopic (exact) mass is 311 g/mol. The van der Waals surface area contributed by atoms with E-state index in [1.54, 1.807) is 0 Å².